The predicted octanol–water partition coefficient (Wildman–Crippen LogP) is 1.33. The summed E-state index contributed by atoms with van der Waals surface area (Å²) in [4.78, 5) is 14.1. The van der Waals surface area contributed by atoms with Crippen molar-refractivity contribution in [2.24, 2.45) is 5.73 Å². The number of hydrogen-bond acceptors (Lipinski definition) is 3. The van der Waals surface area contributed by atoms with Gasteiger partial charge in [0.25, 0.3) is 0 Å². The van der Waals surface area contributed by atoms with E-state index in [4.69, 9.17) is 5.73 Å². The molecule has 1 amide bonds. The zero-order valence-electron chi connectivity index (χ0n) is 12.2. The third-order valence-corrected chi connectivity index (χ3v) is 3.97. The number of rotatable bonds is 5. The molecule has 0 spiro atoms. The highest BCUT2D eigenvalue weighted by molar-refractivity contribution is 5.78. The van der Waals surface area contributed by atoms with Gasteiger partial charge in [-0.25, -0.2) is 0 Å². The predicted molar refractivity (Wildman–Crippen MR) is 81.5 cm³/mol. The van der Waals surface area contributed by atoms with E-state index in [0.29, 0.717) is 25.0 Å². The first kappa shape index (κ1) is 15.0. The molecule has 0 bridgehead atoms. The fraction of sp³-hybridized carbons (Fsp3) is 0.562. The minimum atomic E-state index is 0.114. The van der Waals surface area contributed by atoms with Crippen LogP contribution in [0.15, 0.2) is 30.3 Å². The van der Waals surface area contributed by atoms with Crippen LogP contribution in [-0.4, -0.2) is 43.0 Å². The van der Waals surface area contributed by atoms with E-state index in [1.54, 1.807) is 0 Å². The SMILES string of the molecule is CC(CNC(=O)CN1CCC(N)CC1)c1ccccc1. The van der Waals surface area contributed by atoms with Crippen LogP contribution in [0.4, 0.5) is 0 Å². The van der Waals surface area contributed by atoms with Gasteiger partial charge in [-0.15, -0.1) is 0 Å². The molecule has 1 aromatic rings. The molecule has 1 heterocycles. The molecular weight excluding hydrogens is 250 g/mol. The molecule has 4 heteroatoms. The number of nitrogens with one attached hydrogen (secondary N) is 1. The van der Waals surface area contributed by atoms with Gasteiger partial charge in [-0.1, -0.05) is 37.3 Å². The van der Waals surface area contributed by atoms with Crippen LogP contribution >= 0.6 is 0 Å². The summed E-state index contributed by atoms with van der Waals surface area (Å²) in [6.45, 7) is 5.19. The Morgan fingerprint density at radius 2 is 2.00 bits per heavy atom. The quantitative estimate of drug-likeness (QED) is 0.852. The van der Waals surface area contributed by atoms with Gasteiger partial charge in [0.1, 0.15) is 0 Å². The first-order chi connectivity index (χ1) is 9.65. The minimum Gasteiger partial charge on any atom is -0.354 e. The van der Waals surface area contributed by atoms with Gasteiger partial charge in [-0.2, -0.15) is 0 Å². The maximum atomic E-state index is 11.9. The van der Waals surface area contributed by atoms with E-state index < -0.39 is 0 Å². The van der Waals surface area contributed by atoms with Gasteiger partial charge in [0.15, 0.2) is 0 Å². The van der Waals surface area contributed by atoms with Gasteiger partial charge in [0.2, 0.25) is 5.91 Å². The van der Waals surface area contributed by atoms with E-state index in [9.17, 15) is 4.79 Å². The van der Waals surface area contributed by atoms with E-state index in [0.717, 1.165) is 25.9 Å². The zero-order chi connectivity index (χ0) is 14.4. The minimum absolute atomic E-state index is 0.114. The lowest BCUT2D eigenvalue weighted by atomic mass is 10.0. The third kappa shape index (κ3) is 4.62. The van der Waals surface area contributed by atoms with Gasteiger partial charge in [0.05, 0.1) is 6.54 Å². The maximum Gasteiger partial charge on any atom is 0.234 e. The molecule has 1 atom stereocenters. The molecular formula is C16H25N3O. The van der Waals surface area contributed by atoms with Crippen LogP contribution in [0.2, 0.25) is 0 Å². The number of piperidine rings is 1. The maximum absolute atomic E-state index is 11.9. The fourth-order valence-corrected chi connectivity index (χ4v) is 2.54. The molecule has 110 valence electrons. The van der Waals surface area contributed by atoms with Crippen LogP contribution in [0, 0.1) is 0 Å². The second kappa shape index (κ2) is 7.41. The number of carbonyl (C=O) groups excluding carboxylic acids is 1. The number of nitrogens with zero attached hydrogens (tertiary/aromatic N) is 1. The van der Waals surface area contributed by atoms with Crippen molar-refractivity contribution in [3.63, 3.8) is 0 Å². The molecule has 3 N–H and O–H groups in total. The molecule has 0 radical (unpaired) electrons. The monoisotopic (exact) mass is 275 g/mol. The number of hydrogen-bond donors (Lipinski definition) is 2. The van der Waals surface area contributed by atoms with Crippen LogP contribution in [0.1, 0.15) is 31.2 Å². The van der Waals surface area contributed by atoms with E-state index in [1.807, 2.05) is 18.2 Å². The Bertz CT molecular complexity index is 413. The van der Waals surface area contributed by atoms with E-state index >= 15 is 0 Å². The van der Waals surface area contributed by atoms with E-state index in [-0.39, 0.29) is 5.91 Å². The molecule has 0 aliphatic carbocycles. The van der Waals surface area contributed by atoms with Gasteiger partial charge in [-0.3, -0.25) is 9.69 Å². The Morgan fingerprint density at radius 3 is 2.65 bits per heavy atom. The van der Waals surface area contributed by atoms with E-state index in [2.05, 4.69) is 29.3 Å². The smallest absolute Gasteiger partial charge is 0.234 e. The summed E-state index contributed by atoms with van der Waals surface area (Å²) in [6, 6.07) is 10.6. The Labute approximate surface area is 121 Å². The van der Waals surface area contributed by atoms with Crippen LogP contribution in [0.25, 0.3) is 0 Å². The van der Waals surface area contributed by atoms with Crippen molar-refractivity contribution in [3.05, 3.63) is 35.9 Å². The number of likely N-dealkylation sites (tertiary alicyclic amines) is 1. The summed E-state index contributed by atoms with van der Waals surface area (Å²) in [7, 11) is 0. The lowest BCUT2D eigenvalue weighted by Crippen LogP contribution is -2.45. The van der Waals surface area contributed by atoms with Crippen molar-refractivity contribution in [2.45, 2.75) is 31.7 Å². The standard InChI is InChI=1S/C16H25N3O/c1-13(14-5-3-2-4-6-14)11-18-16(20)12-19-9-7-15(17)8-10-19/h2-6,13,15H,7-12,17H2,1H3,(H,18,20). The zero-order valence-corrected chi connectivity index (χ0v) is 12.2. The average molecular weight is 275 g/mol. The summed E-state index contributed by atoms with van der Waals surface area (Å²) in [5.74, 6) is 0.457. The van der Waals surface area contributed by atoms with Gasteiger partial charge in [-0.05, 0) is 24.3 Å². The molecule has 1 fully saturated rings. The van der Waals surface area contributed by atoms with Gasteiger partial charge < -0.3 is 11.1 Å². The molecule has 2 rings (SSSR count). The van der Waals surface area contributed by atoms with Crippen molar-refractivity contribution < 1.29 is 4.79 Å². The normalized spacial score (nSPS) is 18.7. The molecule has 0 saturated carbocycles. The summed E-state index contributed by atoms with van der Waals surface area (Å²) in [5, 5.41) is 3.03. The highest BCUT2D eigenvalue weighted by Gasteiger charge is 2.18. The molecule has 4 nitrogen and oxygen atoms in total. The van der Waals surface area contributed by atoms with Crippen molar-refractivity contribution in [1.29, 1.82) is 0 Å². The van der Waals surface area contributed by atoms with Crippen molar-refractivity contribution in [2.75, 3.05) is 26.2 Å². The van der Waals surface area contributed by atoms with E-state index in [1.165, 1.54) is 5.56 Å². The van der Waals surface area contributed by atoms with Gasteiger partial charge >= 0.3 is 0 Å². The second-order valence-electron chi connectivity index (χ2n) is 5.73. The lowest BCUT2D eigenvalue weighted by molar-refractivity contribution is -0.122. The Balaban J connectivity index is 1.70. The first-order valence-corrected chi connectivity index (χ1v) is 7.44. The fourth-order valence-electron chi connectivity index (χ4n) is 2.54. The molecule has 1 aliphatic heterocycles. The topological polar surface area (TPSA) is 58.4 Å². The summed E-state index contributed by atoms with van der Waals surface area (Å²) in [6.07, 6.45) is 1.99. The molecule has 1 saturated heterocycles. The largest absolute Gasteiger partial charge is 0.354 e. The number of nitrogens with two attached hydrogens (primary N) is 1. The molecule has 0 aromatic heterocycles. The van der Waals surface area contributed by atoms with Crippen LogP contribution in [0.3, 0.4) is 0 Å². The second-order valence-corrected chi connectivity index (χ2v) is 5.73. The van der Waals surface area contributed by atoms with Crippen LogP contribution < -0.4 is 11.1 Å². The number of benzene rings is 1. The first-order valence-electron chi connectivity index (χ1n) is 7.44. The summed E-state index contributed by atoms with van der Waals surface area (Å²) >= 11 is 0. The lowest BCUT2D eigenvalue weighted by Gasteiger charge is -2.29. The molecule has 1 aliphatic rings. The van der Waals surface area contributed by atoms with Crippen LogP contribution in [-0.2, 0) is 4.79 Å². The number of amides is 1. The molecule has 1 aromatic carbocycles. The molecule has 20 heavy (non-hydrogen) atoms. The highest BCUT2D eigenvalue weighted by Crippen LogP contribution is 2.13. The summed E-state index contributed by atoms with van der Waals surface area (Å²) in [5.41, 5.74) is 7.12. The van der Waals surface area contributed by atoms with Crippen LogP contribution in [0.5, 0.6) is 0 Å². The third-order valence-electron chi connectivity index (χ3n) is 3.97. The van der Waals surface area contributed by atoms with Crippen molar-refractivity contribution in [3.8, 4) is 0 Å². The average Bonchev–Trinajstić information content (AvgIpc) is 2.48. The van der Waals surface area contributed by atoms with Crippen molar-refractivity contribution >= 4 is 5.91 Å². The Hall–Kier alpha value is -1.39. The van der Waals surface area contributed by atoms with Gasteiger partial charge in [0, 0.05) is 25.7 Å². The Kier molecular flexibility index (Phi) is 5.56. The summed E-state index contributed by atoms with van der Waals surface area (Å²) < 4.78 is 0. The van der Waals surface area contributed by atoms with Crippen molar-refractivity contribution in [1.82, 2.24) is 10.2 Å². The Morgan fingerprint density at radius 1 is 1.35 bits per heavy atom. The number of carbonyl (C=O) groups is 1. The highest BCUT2D eigenvalue weighted by atomic mass is 16.2. The molecule has 1 unspecified atom stereocenters.